The Kier molecular flexibility index (Phi) is 5.01. The lowest BCUT2D eigenvalue weighted by molar-refractivity contribution is -0.132. The summed E-state index contributed by atoms with van der Waals surface area (Å²) in [7, 11) is 0. The number of carbonyl (C=O) groups is 2. The van der Waals surface area contributed by atoms with E-state index < -0.39 is 0 Å². The summed E-state index contributed by atoms with van der Waals surface area (Å²) < 4.78 is 13.0. The molecule has 9 heteroatoms. The maximum Gasteiger partial charge on any atom is 0.266 e. The number of nitrogens with zero attached hydrogens (tertiary/aromatic N) is 5. The number of amides is 2. The molecule has 1 atom stereocenters. The van der Waals surface area contributed by atoms with Gasteiger partial charge < -0.3 is 14.4 Å². The molecule has 0 radical (unpaired) electrons. The Bertz CT molecular complexity index is 810. The third-order valence-corrected chi connectivity index (χ3v) is 4.60. The second kappa shape index (κ2) is 7.75. The van der Waals surface area contributed by atoms with Crippen LogP contribution in [-0.4, -0.2) is 70.4 Å². The maximum absolute atomic E-state index is 12.9. The fourth-order valence-corrected chi connectivity index (χ4v) is 3.28. The van der Waals surface area contributed by atoms with Crippen molar-refractivity contribution in [1.29, 1.82) is 0 Å². The fourth-order valence-electron chi connectivity index (χ4n) is 3.28. The van der Waals surface area contributed by atoms with Gasteiger partial charge in [-0.05, 0) is 24.6 Å². The van der Waals surface area contributed by atoms with E-state index in [1.165, 1.54) is 4.90 Å². The highest BCUT2D eigenvalue weighted by Crippen LogP contribution is 2.28. The van der Waals surface area contributed by atoms with Crippen molar-refractivity contribution < 1.29 is 19.1 Å². The van der Waals surface area contributed by atoms with Crippen molar-refractivity contribution in [2.75, 3.05) is 37.7 Å². The number of pyridine rings is 1. The molecule has 2 amide bonds. The minimum Gasteiger partial charge on any atom is -0.480 e. The molecule has 4 rings (SSSR count). The van der Waals surface area contributed by atoms with E-state index in [-0.39, 0.29) is 31.1 Å². The normalized spacial score (nSPS) is 20.0. The van der Waals surface area contributed by atoms with E-state index in [4.69, 9.17) is 9.47 Å². The fraction of sp³-hybridized carbons (Fsp3) is 0.444. The van der Waals surface area contributed by atoms with Crippen molar-refractivity contribution in [1.82, 2.24) is 19.7 Å². The summed E-state index contributed by atoms with van der Waals surface area (Å²) in [5, 5.41) is 4.20. The van der Waals surface area contributed by atoms with Crippen LogP contribution in [0.4, 0.5) is 5.82 Å². The number of fused-ring (bicyclic) bond motifs is 1. The van der Waals surface area contributed by atoms with Gasteiger partial charge in [-0.15, -0.1) is 0 Å². The predicted molar refractivity (Wildman–Crippen MR) is 95.2 cm³/mol. The maximum atomic E-state index is 12.9. The van der Waals surface area contributed by atoms with Gasteiger partial charge in [0.25, 0.3) is 5.91 Å². The summed E-state index contributed by atoms with van der Waals surface area (Å²) in [6, 6.07) is 5.33. The first-order valence-electron chi connectivity index (χ1n) is 8.95. The molecular formula is C18H21N5O4. The van der Waals surface area contributed by atoms with Crippen LogP contribution in [0, 0.1) is 0 Å². The lowest BCUT2D eigenvalue weighted by Gasteiger charge is -2.30. The van der Waals surface area contributed by atoms with Gasteiger partial charge in [0.2, 0.25) is 5.91 Å². The number of rotatable bonds is 4. The van der Waals surface area contributed by atoms with E-state index >= 15 is 0 Å². The third-order valence-electron chi connectivity index (χ3n) is 4.60. The summed E-state index contributed by atoms with van der Waals surface area (Å²) in [6.45, 7) is 2.10. The van der Waals surface area contributed by atoms with Crippen LogP contribution in [0.5, 0.6) is 5.75 Å². The summed E-state index contributed by atoms with van der Waals surface area (Å²) in [5.41, 5.74) is 0. The lowest BCUT2D eigenvalue weighted by Crippen LogP contribution is -2.48. The van der Waals surface area contributed by atoms with Gasteiger partial charge in [0.15, 0.2) is 18.2 Å². The molecule has 0 saturated carbocycles. The zero-order valence-electron chi connectivity index (χ0n) is 14.9. The van der Waals surface area contributed by atoms with Crippen molar-refractivity contribution in [3.63, 3.8) is 0 Å². The first kappa shape index (κ1) is 17.5. The van der Waals surface area contributed by atoms with E-state index in [1.54, 1.807) is 34.1 Å². The van der Waals surface area contributed by atoms with Gasteiger partial charge in [0, 0.05) is 38.3 Å². The van der Waals surface area contributed by atoms with Crippen LogP contribution in [0.2, 0.25) is 0 Å². The SMILES string of the molecule is O=C(CN1C(=O)COc2cccnc21)N1CCCO[C@@H](Cn2cccn2)C1. The molecule has 0 aliphatic carbocycles. The molecule has 142 valence electrons. The number of hydrogen-bond donors (Lipinski definition) is 0. The lowest BCUT2D eigenvalue weighted by atomic mass is 10.2. The molecule has 2 aliphatic heterocycles. The van der Waals surface area contributed by atoms with Gasteiger partial charge in [0.05, 0.1) is 12.6 Å². The molecule has 4 heterocycles. The molecule has 0 spiro atoms. The topological polar surface area (TPSA) is 89.8 Å². The van der Waals surface area contributed by atoms with E-state index in [0.717, 1.165) is 6.42 Å². The molecule has 0 unspecified atom stereocenters. The van der Waals surface area contributed by atoms with E-state index in [9.17, 15) is 9.59 Å². The molecule has 0 aromatic carbocycles. The van der Waals surface area contributed by atoms with Crippen LogP contribution in [0.15, 0.2) is 36.8 Å². The monoisotopic (exact) mass is 371 g/mol. The summed E-state index contributed by atoms with van der Waals surface area (Å²) in [6.07, 6.45) is 5.79. The third kappa shape index (κ3) is 3.92. The second-order valence-corrected chi connectivity index (χ2v) is 6.51. The molecular weight excluding hydrogens is 350 g/mol. The summed E-state index contributed by atoms with van der Waals surface area (Å²) >= 11 is 0. The van der Waals surface area contributed by atoms with Gasteiger partial charge in [-0.3, -0.25) is 19.2 Å². The largest absolute Gasteiger partial charge is 0.480 e. The molecule has 9 nitrogen and oxygen atoms in total. The molecule has 2 aliphatic rings. The Balaban J connectivity index is 1.44. The van der Waals surface area contributed by atoms with E-state index in [0.29, 0.717) is 37.8 Å². The van der Waals surface area contributed by atoms with Gasteiger partial charge in [0.1, 0.15) is 6.54 Å². The van der Waals surface area contributed by atoms with Gasteiger partial charge in [-0.2, -0.15) is 5.10 Å². The van der Waals surface area contributed by atoms with Gasteiger partial charge >= 0.3 is 0 Å². The highest BCUT2D eigenvalue weighted by Gasteiger charge is 2.31. The van der Waals surface area contributed by atoms with Crippen molar-refractivity contribution >= 4 is 17.6 Å². The van der Waals surface area contributed by atoms with Gasteiger partial charge in [-0.25, -0.2) is 4.98 Å². The molecule has 1 saturated heterocycles. The van der Waals surface area contributed by atoms with Gasteiger partial charge in [-0.1, -0.05) is 0 Å². The average molecular weight is 371 g/mol. The van der Waals surface area contributed by atoms with Crippen molar-refractivity contribution in [3.05, 3.63) is 36.8 Å². The van der Waals surface area contributed by atoms with Crippen molar-refractivity contribution in [2.24, 2.45) is 0 Å². The van der Waals surface area contributed by atoms with Crippen LogP contribution in [-0.2, 0) is 20.9 Å². The van der Waals surface area contributed by atoms with Crippen LogP contribution in [0.3, 0.4) is 0 Å². The molecule has 0 bridgehead atoms. The molecule has 1 fully saturated rings. The predicted octanol–water partition coefficient (Wildman–Crippen LogP) is 0.321. The van der Waals surface area contributed by atoms with Crippen LogP contribution in [0.25, 0.3) is 0 Å². The number of anilines is 1. The molecule has 0 N–H and O–H groups in total. The Morgan fingerprint density at radius 2 is 2.22 bits per heavy atom. The Labute approximate surface area is 156 Å². The summed E-state index contributed by atoms with van der Waals surface area (Å²) in [4.78, 5) is 32.5. The quantitative estimate of drug-likeness (QED) is 0.769. The Morgan fingerprint density at radius 1 is 1.30 bits per heavy atom. The molecule has 2 aromatic heterocycles. The van der Waals surface area contributed by atoms with E-state index in [2.05, 4.69) is 10.1 Å². The first-order valence-corrected chi connectivity index (χ1v) is 8.95. The van der Waals surface area contributed by atoms with Crippen LogP contribution < -0.4 is 9.64 Å². The van der Waals surface area contributed by atoms with E-state index in [1.807, 2.05) is 12.3 Å². The zero-order valence-corrected chi connectivity index (χ0v) is 14.9. The second-order valence-electron chi connectivity index (χ2n) is 6.51. The van der Waals surface area contributed by atoms with Crippen molar-refractivity contribution in [2.45, 2.75) is 19.1 Å². The standard InChI is InChI=1S/C18H21N5O4/c24-16(12-23-17(25)13-27-15-4-1-5-19-18(15)23)21-7-3-9-26-14(10-21)11-22-8-2-6-20-22/h1-2,4-6,8,14H,3,7,9-13H2/t14-/m1/s1. The number of aromatic nitrogens is 3. The zero-order chi connectivity index (χ0) is 18.6. The van der Waals surface area contributed by atoms with Crippen LogP contribution in [0.1, 0.15) is 6.42 Å². The number of hydrogen-bond acceptors (Lipinski definition) is 6. The number of ether oxygens (including phenoxy) is 2. The minimum atomic E-state index is -0.270. The first-order chi connectivity index (χ1) is 13.2. The summed E-state index contributed by atoms with van der Waals surface area (Å²) in [5.74, 6) is 0.508. The minimum absolute atomic E-state index is 0.0549. The Morgan fingerprint density at radius 3 is 3.07 bits per heavy atom. The smallest absolute Gasteiger partial charge is 0.266 e. The van der Waals surface area contributed by atoms with Crippen molar-refractivity contribution in [3.8, 4) is 5.75 Å². The molecule has 2 aromatic rings. The highest BCUT2D eigenvalue weighted by molar-refractivity contribution is 6.01. The average Bonchev–Trinajstić information content (AvgIpc) is 3.07. The Hall–Kier alpha value is -2.94. The highest BCUT2D eigenvalue weighted by atomic mass is 16.5. The van der Waals surface area contributed by atoms with Crippen LogP contribution >= 0.6 is 0 Å². The number of carbonyl (C=O) groups excluding carboxylic acids is 2. The molecule has 27 heavy (non-hydrogen) atoms.